The first-order chi connectivity index (χ1) is 7.69. The van der Waals surface area contributed by atoms with Crippen molar-refractivity contribution in [2.45, 2.75) is 32.4 Å². The van der Waals surface area contributed by atoms with Gasteiger partial charge in [-0.1, -0.05) is 6.92 Å². The SMILES string of the molecule is CCCn1ccnc1C(CCN(C)C)NC. The Hall–Kier alpha value is -0.870. The minimum atomic E-state index is 0.351. The highest BCUT2D eigenvalue weighted by Gasteiger charge is 2.14. The fraction of sp³-hybridized carbons (Fsp3) is 0.750. The Morgan fingerprint density at radius 1 is 1.50 bits per heavy atom. The van der Waals surface area contributed by atoms with Gasteiger partial charge in [-0.3, -0.25) is 0 Å². The molecular formula is C12H24N4. The van der Waals surface area contributed by atoms with Crippen molar-refractivity contribution in [3.8, 4) is 0 Å². The van der Waals surface area contributed by atoms with E-state index in [-0.39, 0.29) is 0 Å². The molecule has 1 unspecified atom stereocenters. The van der Waals surface area contributed by atoms with Crippen molar-refractivity contribution in [3.05, 3.63) is 18.2 Å². The molecule has 0 saturated heterocycles. The molecule has 1 aromatic heterocycles. The van der Waals surface area contributed by atoms with Gasteiger partial charge in [0.05, 0.1) is 6.04 Å². The van der Waals surface area contributed by atoms with Crippen LogP contribution in [0.2, 0.25) is 0 Å². The van der Waals surface area contributed by atoms with Crippen LogP contribution < -0.4 is 5.32 Å². The summed E-state index contributed by atoms with van der Waals surface area (Å²) >= 11 is 0. The van der Waals surface area contributed by atoms with Gasteiger partial charge in [0.15, 0.2) is 0 Å². The molecule has 1 atom stereocenters. The molecule has 0 bridgehead atoms. The first-order valence-electron chi connectivity index (χ1n) is 6.02. The van der Waals surface area contributed by atoms with E-state index >= 15 is 0 Å². The van der Waals surface area contributed by atoms with Crippen LogP contribution in [0.15, 0.2) is 12.4 Å². The van der Waals surface area contributed by atoms with E-state index in [1.807, 2.05) is 13.2 Å². The Balaban J connectivity index is 2.66. The van der Waals surface area contributed by atoms with Crippen molar-refractivity contribution in [3.63, 3.8) is 0 Å². The van der Waals surface area contributed by atoms with Crippen molar-refractivity contribution < 1.29 is 0 Å². The number of rotatable bonds is 7. The smallest absolute Gasteiger partial charge is 0.125 e. The van der Waals surface area contributed by atoms with Crippen molar-refractivity contribution >= 4 is 0 Å². The minimum Gasteiger partial charge on any atom is -0.334 e. The zero-order valence-corrected chi connectivity index (χ0v) is 10.9. The van der Waals surface area contributed by atoms with Gasteiger partial charge in [0, 0.05) is 18.9 Å². The van der Waals surface area contributed by atoms with Crippen molar-refractivity contribution in [1.29, 1.82) is 0 Å². The molecule has 0 fully saturated rings. The normalized spacial score (nSPS) is 13.3. The van der Waals surface area contributed by atoms with E-state index in [1.54, 1.807) is 0 Å². The molecule has 0 spiro atoms. The third kappa shape index (κ3) is 3.61. The van der Waals surface area contributed by atoms with E-state index in [2.05, 4.69) is 47.0 Å². The summed E-state index contributed by atoms with van der Waals surface area (Å²) in [5, 5.41) is 3.35. The molecule has 1 aromatic rings. The maximum atomic E-state index is 4.47. The number of nitrogens with one attached hydrogen (secondary N) is 1. The number of hydrogen-bond donors (Lipinski definition) is 1. The quantitative estimate of drug-likeness (QED) is 0.762. The lowest BCUT2D eigenvalue weighted by molar-refractivity contribution is 0.358. The van der Waals surface area contributed by atoms with Crippen LogP contribution in [-0.2, 0) is 6.54 Å². The van der Waals surface area contributed by atoms with E-state index in [4.69, 9.17) is 0 Å². The molecule has 0 aliphatic heterocycles. The lowest BCUT2D eigenvalue weighted by atomic mass is 10.2. The van der Waals surface area contributed by atoms with E-state index in [9.17, 15) is 0 Å². The number of nitrogens with zero attached hydrogens (tertiary/aromatic N) is 3. The molecule has 0 aliphatic carbocycles. The van der Waals surface area contributed by atoms with Gasteiger partial charge >= 0.3 is 0 Å². The number of imidazole rings is 1. The van der Waals surface area contributed by atoms with Gasteiger partial charge in [-0.2, -0.15) is 0 Å². The van der Waals surface area contributed by atoms with Crippen LogP contribution in [0.25, 0.3) is 0 Å². The van der Waals surface area contributed by atoms with Gasteiger partial charge in [0.2, 0.25) is 0 Å². The fourth-order valence-electron chi connectivity index (χ4n) is 1.85. The van der Waals surface area contributed by atoms with Crippen molar-refractivity contribution in [1.82, 2.24) is 19.8 Å². The summed E-state index contributed by atoms with van der Waals surface area (Å²) in [5.74, 6) is 1.16. The van der Waals surface area contributed by atoms with Crippen LogP contribution in [-0.4, -0.2) is 42.1 Å². The summed E-state index contributed by atoms with van der Waals surface area (Å²) in [4.78, 5) is 6.67. The second-order valence-corrected chi connectivity index (χ2v) is 4.41. The minimum absolute atomic E-state index is 0.351. The molecule has 4 nitrogen and oxygen atoms in total. The maximum Gasteiger partial charge on any atom is 0.125 e. The molecule has 1 N–H and O–H groups in total. The zero-order chi connectivity index (χ0) is 12.0. The number of aromatic nitrogens is 2. The summed E-state index contributed by atoms with van der Waals surface area (Å²) in [5.41, 5.74) is 0. The van der Waals surface area contributed by atoms with Gasteiger partial charge in [0.25, 0.3) is 0 Å². The van der Waals surface area contributed by atoms with Crippen molar-refractivity contribution in [2.24, 2.45) is 0 Å². The molecule has 0 aromatic carbocycles. The predicted molar refractivity (Wildman–Crippen MR) is 67.5 cm³/mol. The summed E-state index contributed by atoms with van der Waals surface area (Å²) in [6, 6.07) is 0.351. The second-order valence-electron chi connectivity index (χ2n) is 4.41. The Labute approximate surface area is 98.7 Å². The topological polar surface area (TPSA) is 33.1 Å². The van der Waals surface area contributed by atoms with Gasteiger partial charge in [-0.05, 0) is 40.5 Å². The van der Waals surface area contributed by atoms with Gasteiger partial charge in [-0.25, -0.2) is 4.98 Å². The summed E-state index contributed by atoms with van der Waals surface area (Å²) in [6.07, 6.45) is 6.20. The summed E-state index contributed by atoms with van der Waals surface area (Å²) < 4.78 is 2.25. The monoisotopic (exact) mass is 224 g/mol. The van der Waals surface area contributed by atoms with E-state index in [0.717, 1.165) is 31.8 Å². The van der Waals surface area contributed by atoms with E-state index in [0.29, 0.717) is 6.04 Å². The highest BCUT2D eigenvalue weighted by Crippen LogP contribution is 2.15. The van der Waals surface area contributed by atoms with E-state index in [1.165, 1.54) is 0 Å². The van der Waals surface area contributed by atoms with Crippen LogP contribution in [0.4, 0.5) is 0 Å². The average molecular weight is 224 g/mol. The van der Waals surface area contributed by atoms with Crippen LogP contribution in [0.1, 0.15) is 31.6 Å². The van der Waals surface area contributed by atoms with Crippen LogP contribution in [0, 0.1) is 0 Å². The molecule has 92 valence electrons. The highest BCUT2D eigenvalue weighted by atomic mass is 15.1. The summed E-state index contributed by atoms with van der Waals surface area (Å²) in [7, 11) is 6.21. The number of aryl methyl sites for hydroxylation is 1. The van der Waals surface area contributed by atoms with Gasteiger partial charge < -0.3 is 14.8 Å². The molecule has 4 heteroatoms. The van der Waals surface area contributed by atoms with E-state index < -0.39 is 0 Å². The van der Waals surface area contributed by atoms with Crippen molar-refractivity contribution in [2.75, 3.05) is 27.7 Å². The lowest BCUT2D eigenvalue weighted by Crippen LogP contribution is -2.25. The Morgan fingerprint density at radius 2 is 2.25 bits per heavy atom. The predicted octanol–water partition coefficient (Wildman–Crippen LogP) is 1.51. The Bertz CT molecular complexity index is 293. The third-order valence-corrected chi connectivity index (χ3v) is 2.74. The second kappa shape index (κ2) is 6.66. The standard InChI is InChI=1S/C12H24N4/c1-5-8-16-10-7-14-12(16)11(13-2)6-9-15(3)4/h7,10-11,13H,5-6,8-9H2,1-4H3. The molecule has 1 heterocycles. The lowest BCUT2D eigenvalue weighted by Gasteiger charge is -2.19. The van der Waals surface area contributed by atoms with Gasteiger partial charge in [-0.15, -0.1) is 0 Å². The Morgan fingerprint density at radius 3 is 2.81 bits per heavy atom. The number of hydrogen-bond acceptors (Lipinski definition) is 3. The van der Waals surface area contributed by atoms with Gasteiger partial charge in [0.1, 0.15) is 5.82 Å². The molecule has 16 heavy (non-hydrogen) atoms. The molecule has 0 radical (unpaired) electrons. The maximum absolute atomic E-state index is 4.47. The van der Waals surface area contributed by atoms with Crippen LogP contribution >= 0.6 is 0 Å². The molecular weight excluding hydrogens is 200 g/mol. The molecule has 1 rings (SSSR count). The fourth-order valence-corrected chi connectivity index (χ4v) is 1.85. The molecule has 0 aliphatic rings. The van der Waals surface area contributed by atoms with Crippen LogP contribution in [0.3, 0.4) is 0 Å². The zero-order valence-electron chi connectivity index (χ0n) is 10.9. The summed E-state index contributed by atoms with van der Waals surface area (Å²) in [6.45, 7) is 4.32. The molecule has 0 amide bonds. The Kier molecular flexibility index (Phi) is 5.49. The third-order valence-electron chi connectivity index (χ3n) is 2.74. The highest BCUT2D eigenvalue weighted by molar-refractivity contribution is 4.99. The van der Waals surface area contributed by atoms with Crippen LogP contribution in [0.5, 0.6) is 0 Å². The first kappa shape index (κ1) is 13.2. The average Bonchev–Trinajstić information content (AvgIpc) is 2.68. The largest absolute Gasteiger partial charge is 0.334 e. The molecule has 0 saturated carbocycles. The first-order valence-corrected chi connectivity index (χ1v) is 6.02.